The third-order valence-electron chi connectivity index (χ3n) is 3.40. The Morgan fingerprint density at radius 2 is 2.12 bits per heavy atom. The number of benzene rings is 1. The maximum Gasteiger partial charge on any atom is 0.0468 e. The number of rotatable bonds is 3. The molecule has 2 rings (SSSR count). The summed E-state index contributed by atoms with van der Waals surface area (Å²) >= 11 is 0. The Kier molecular flexibility index (Phi) is 3.97. The molecule has 1 heterocycles. The zero-order chi connectivity index (χ0) is 11.4. The van der Waals surface area contributed by atoms with Crippen molar-refractivity contribution in [3.8, 4) is 0 Å². The molecule has 0 spiro atoms. The van der Waals surface area contributed by atoms with Gasteiger partial charge in [-0.05, 0) is 37.7 Å². The van der Waals surface area contributed by atoms with Crippen molar-refractivity contribution >= 4 is 0 Å². The molecule has 1 fully saturated rings. The Hall–Kier alpha value is -0.860. The molecule has 0 amide bonds. The topological polar surface area (TPSA) is 35.2 Å². The van der Waals surface area contributed by atoms with Gasteiger partial charge in [0.15, 0.2) is 0 Å². The Morgan fingerprint density at radius 1 is 1.38 bits per heavy atom. The van der Waals surface area contributed by atoms with Gasteiger partial charge in [0.1, 0.15) is 0 Å². The Labute approximate surface area is 97.8 Å². The van der Waals surface area contributed by atoms with Crippen molar-refractivity contribution in [2.75, 3.05) is 13.2 Å². The van der Waals surface area contributed by atoms with Crippen LogP contribution in [0, 0.1) is 12.8 Å². The maximum absolute atomic E-state index is 6.25. The van der Waals surface area contributed by atoms with Crippen LogP contribution in [0.4, 0.5) is 0 Å². The van der Waals surface area contributed by atoms with E-state index < -0.39 is 0 Å². The standard InChI is InChI=1S/C14H21NO/c1-11-3-2-4-13(9-11)14(15)10-12-5-7-16-8-6-12/h2-4,9,12,14H,5-8,10,15H2,1H3. The van der Waals surface area contributed by atoms with Crippen molar-refractivity contribution in [2.24, 2.45) is 11.7 Å². The third kappa shape index (κ3) is 3.06. The van der Waals surface area contributed by atoms with E-state index in [1.54, 1.807) is 0 Å². The first-order valence-corrected chi connectivity index (χ1v) is 6.15. The van der Waals surface area contributed by atoms with Gasteiger partial charge in [-0.25, -0.2) is 0 Å². The van der Waals surface area contributed by atoms with Gasteiger partial charge in [0, 0.05) is 19.3 Å². The minimum Gasteiger partial charge on any atom is -0.381 e. The first kappa shape index (κ1) is 11.6. The molecule has 2 heteroatoms. The molecule has 1 saturated heterocycles. The lowest BCUT2D eigenvalue weighted by Crippen LogP contribution is -2.21. The van der Waals surface area contributed by atoms with Crippen molar-refractivity contribution in [3.63, 3.8) is 0 Å². The first-order chi connectivity index (χ1) is 7.75. The highest BCUT2D eigenvalue weighted by Crippen LogP contribution is 2.26. The molecule has 1 aliphatic rings. The normalized spacial score (nSPS) is 19.6. The zero-order valence-corrected chi connectivity index (χ0v) is 9.99. The average molecular weight is 219 g/mol. The predicted molar refractivity (Wildman–Crippen MR) is 66.3 cm³/mol. The second kappa shape index (κ2) is 5.46. The quantitative estimate of drug-likeness (QED) is 0.848. The summed E-state index contributed by atoms with van der Waals surface area (Å²) in [5.74, 6) is 0.740. The van der Waals surface area contributed by atoms with Gasteiger partial charge >= 0.3 is 0 Å². The molecule has 0 aromatic heterocycles. The summed E-state index contributed by atoms with van der Waals surface area (Å²) < 4.78 is 5.37. The number of hydrogen-bond acceptors (Lipinski definition) is 2. The molecule has 2 N–H and O–H groups in total. The highest BCUT2D eigenvalue weighted by atomic mass is 16.5. The van der Waals surface area contributed by atoms with Gasteiger partial charge in [0.05, 0.1) is 0 Å². The lowest BCUT2D eigenvalue weighted by molar-refractivity contribution is 0.0618. The summed E-state index contributed by atoms with van der Waals surface area (Å²) in [5, 5.41) is 0. The number of hydrogen-bond donors (Lipinski definition) is 1. The second-order valence-electron chi connectivity index (χ2n) is 4.81. The molecule has 1 aliphatic heterocycles. The van der Waals surface area contributed by atoms with Gasteiger partial charge in [0.2, 0.25) is 0 Å². The van der Waals surface area contributed by atoms with E-state index in [0.717, 1.165) is 25.6 Å². The van der Waals surface area contributed by atoms with Gasteiger partial charge in [-0.2, -0.15) is 0 Å². The molecule has 2 nitrogen and oxygen atoms in total. The minimum absolute atomic E-state index is 0.183. The largest absolute Gasteiger partial charge is 0.381 e. The van der Waals surface area contributed by atoms with Crippen LogP contribution >= 0.6 is 0 Å². The Bertz CT molecular complexity index is 331. The molecular weight excluding hydrogens is 198 g/mol. The van der Waals surface area contributed by atoms with Crippen LogP contribution in [-0.2, 0) is 4.74 Å². The van der Waals surface area contributed by atoms with E-state index in [-0.39, 0.29) is 6.04 Å². The van der Waals surface area contributed by atoms with E-state index in [1.807, 2.05) is 0 Å². The van der Waals surface area contributed by atoms with E-state index in [1.165, 1.54) is 24.0 Å². The van der Waals surface area contributed by atoms with Crippen LogP contribution in [0.1, 0.15) is 36.4 Å². The van der Waals surface area contributed by atoms with Crippen LogP contribution in [0.15, 0.2) is 24.3 Å². The fraction of sp³-hybridized carbons (Fsp3) is 0.571. The summed E-state index contributed by atoms with van der Waals surface area (Å²) in [6, 6.07) is 8.73. The minimum atomic E-state index is 0.183. The van der Waals surface area contributed by atoms with Crippen molar-refractivity contribution in [1.82, 2.24) is 0 Å². The molecule has 1 aromatic carbocycles. The molecule has 0 aliphatic carbocycles. The van der Waals surface area contributed by atoms with Gasteiger partial charge in [-0.3, -0.25) is 0 Å². The molecule has 0 radical (unpaired) electrons. The SMILES string of the molecule is Cc1cccc(C(N)CC2CCOCC2)c1. The summed E-state index contributed by atoms with van der Waals surface area (Å²) in [5.41, 5.74) is 8.82. The smallest absolute Gasteiger partial charge is 0.0468 e. The molecule has 0 saturated carbocycles. The fourth-order valence-corrected chi connectivity index (χ4v) is 2.38. The number of ether oxygens (including phenoxy) is 1. The molecule has 0 bridgehead atoms. The van der Waals surface area contributed by atoms with E-state index in [2.05, 4.69) is 31.2 Å². The van der Waals surface area contributed by atoms with Gasteiger partial charge in [-0.1, -0.05) is 29.8 Å². The number of aryl methyl sites for hydroxylation is 1. The molecule has 16 heavy (non-hydrogen) atoms. The van der Waals surface area contributed by atoms with Crippen molar-refractivity contribution < 1.29 is 4.74 Å². The summed E-state index contributed by atoms with van der Waals surface area (Å²) in [7, 11) is 0. The maximum atomic E-state index is 6.25. The summed E-state index contributed by atoms with van der Waals surface area (Å²) in [6.07, 6.45) is 3.42. The van der Waals surface area contributed by atoms with Gasteiger partial charge < -0.3 is 10.5 Å². The third-order valence-corrected chi connectivity index (χ3v) is 3.40. The van der Waals surface area contributed by atoms with Crippen LogP contribution in [0.3, 0.4) is 0 Å². The average Bonchev–Trinajstić information content (AvgIpc) is 2.30. The van der Waals surface area contributed by atoms with Crippen LogP contribution in [0.5, 0.6) is 0 Å². The molecule has 1 aromatic rings. The fourth-order valence-electron chi connectivity index (χ4n) is 2.38. The van der Waals surface area contributed by atoms with E-state index in [0.29, 0.717) is 0 Å². The summed E-state index contributed by atoms with van der Waals surface area (Å²) in [4.78, 5) is 0. The summed E-state index contributed by atoms with van der Waals surface area (Å²) in [6.45, 7) is 3.93. The van der Waals surface area contributed by atoms with E-state index in [4.69, 9.17) is 10.5 Å². The lowest BCUT2D eigenvalue weighted by atomic mass is 9.89. The Balaban J connectivity index is 1.94. The van der Waals surface area contributed by atoms with Crippen LogP contribution < -0.4 is 5.73 Å². The highest BCUT2D eigenvalue weighted by Gasteiger charge is 2.17. The predicted octanol–water partition coefficient (Wildman–Crippen LogP) is 2.81. The van der Waals surface area contributed by atoms with E-state index in [9.17, 15) is 0 Å². The van der Waals surface area contributed by atoms with Gasteiger partial charge in [0.25, 0.3) is 0 Å². The van der Waals surface area contributed by atoms with Gasteiger partial charge in [-0.15, -0.1) is 0 Å². The molecule has 88 valence electrons. The van der Waals surface area contributed by atoms with Crippen LogP contribution in [0.2, 0.25) is 0 Å². The first-order valence-electron chi connectivity index (χ1n) is 6.15. The van der Waals surface area contributed by atoms with Crippen LogP contribution in [0.25, 0.3) is 0 Å². The van der Waals surface area contributed by atoms with Crippen LogP contribution in [-0.4, -0.2) is 13.2 Å². The lowest BCUT2D eigenvalue weighted by Gasteiger charge is -2.25. The zero-order valence-electron chi connectivity index (χ0n) is 9.99. The second-order valence-corrected chi connectivity index (χ2v) is 4.81. The molecule has 1 atom stereocenters. The van der Waals surface area contributed by atoms with E-state index >= 15 is 0 Å². The highest BCUT2D eigenvalue weighted by molar-refractivity contribution is 5.24. The monoisotopic (exact) mass is 219 g/mol. The number of nitrogens with two attached hydrogens (primary N) is 1. The van der Waals surface area contributed by atoms with Crippen molar-refractivity contribution in [1.29, 1.82) is 0 Å². The van der Waals surface area contributed by atoms with Crippen molar-refractivity contribution in [3.05, 3.63) is 35.4 Å². The Morgan fingerprint density at radius 3 is 2.81 bits per heavy atom. The van der Waals surface area contributed by atoms with Crippen molar-refractivity contribution in [2.45, 2.75) is 32.2 Å². The molecular formula is C14H21NO. The molecule has 1 unspecified atom stereocenters.